The highest BCUT2D eigenvalue weighted by Crippen LogP contribution is 2.20. The number of fused-ring (bicyclic) bond motifs is 1. The highest BCUT2D eigenvalue weighted by atomic mass is 15.2. The lowest BCUT2D eigenvalue weighted by Crippen LogP contribution is -2.23. The highest BCUT2D eigenvalue weighted by Gasteiger charge is 2.28. The minimum Gasteiger partial charge on any atom is -0.283 e. The van der Waals surface area contributed by atoms with Crippen molar-refractivity contribution in [2.75, 3.05) is 0 Å². The van der Waals surface area contributed by atoms with Gasteiger partial charge in [0.2, 0.25) is 0 Å². The molecule has 0 spiro atoms. The molecule has 0 aliphatic carbocycles. The summed E-state index contributed by atoms with van der Waals surface area (Å²) in [6.07, 6.45) is 1.79. The average Bonchev–Trinajstić information content (AvgIpc) is 2.41. The third-order valence-corrected chi connectivity index (χ3v) is 1.98. The van der Waals surface area contributed by atoms with E-state index in [1.165, 1.54) is 0 Å². The van der Waals surface area contributed by atoms with Crippen LogP contribution in [0.2, 0.25) is 0 Å². The van der Waals surface area contributed by atoms with Crippen LogP contribution < -0.4 is 0 Å². The van der Waals surface area contributed by atoms with Gasteiger partial charge in [-0.05, 0) is 0 Å². The average molecular weight is 170 g/mol. The molecule has 0 aromatic heterocycles. The van der Waals surface area contributed by atoms with Crippen LogP contribution in [0.1, 0.15) is 11.1 Å². The molecule has 0 bridgehead atoms. The summed E-state index contributed by atoms with van der Waals surface area (Å²) >= 11 is 0. The quantitative estimate of drug-likeness (QED) is 0.573. The van der Waals surface area contributed by atoms with Crippen LogP contribution in [0.4, 0.5) is 0 Å². The highest BCUT2D eigenvalue weighted by molar-refractivity contribution is 6.24. The van der Waals surface area contributed by atoms with Gasteiger partial charge in [-0.2, -0.15) is 5.26 Å². The molecular weight excluding hydrogens is 164 g/mol. The second-order valence-electron chi connectivity index (χ2n) is 2.68. The standard InChI is InChI=1S/C9H6N4/c10-5-13-8(11)6-3-1-2-4-7(6)9(13)12/h1-4,11-12H. The van der Waals surface area contributed by atoms with Gasteiger partial charge in [0.15, 0.2) is 6.19 Å². The van der Waals surface area contributed by atoms with E-state index in [2.05, 4.69) is 0 Å². The molecule has 1 aromatic carbocycles. The maximum Gasteiger partial charge on any atom is 0.191 e. The number of rotatable bonds is 0. The van der Waals surface area contributed by atoms with Crippen LogP contribution in [0.5, 0.6) is 0 Å². The van der Waals surface area contributed by atoms with E-state index in [1.54, 1.807) is 30.5 Å². The molecule has 4 nitrogen and oxygen atoms in total. The Hall–Kier alpha value is -2.15. The Labute approximate surface area is 75.0 Å². The molecule has 1 aliphatic heterocycles. The molecule has 1 aromatic rings. The number of nitrogens with zero attached hydrogens (tertiary/aromatic N) is 2. The molecule has 4 heteroatoms. The largest absolute Gasteiger partial charge is 0.283 e. The predicted molar refractivity (Wildman–Crippen MR) is 47.6 cm³/mol. The molecule has 62 valence electrons. The van der Waals surface area contributed by atoms with Crippen LogP contribution in [0, 0.1) is 22.3 Å². The number of nitrogens with one attached hydrogen (secondary N) is 2. The van der Waals surface area contributed by atoms with Crippen molar-refractivity contribution >= 4 is 11.7 Å². The Morgan fingerprint density at radius 1 is 1.08 bits per heavy atom. The van der Waals surface area contributed by atoms with Crippen molar-refractivity contribution in [1.29, 1.82) is 16.1 Å². The number of benzene rings is 1. The summed E-state index contributed by atoms with van der Waals surface area (Å²) in [6.45, 7) is 0. The van der Waals surface area contributed by atoms with Crippen molar-refractivity contribution < 1.29 is 0 Å². The van der Waals surface area contributed by atoms with Gasteiger partial charge in [-0.1, -0.05) is 24.3 Å². The number of amidine groups is 2. The first-order valence-electron chi connectivity index (χ1n) is 3.72. The maximum absolute atomic E-state index is 8.67. The Bertz CT molecular complexity index is 406. The SMILES string of the molecule is N#CN1C(=N)c2ccccc2C1=N. The van der Waals surface area contributed by atoms with Crippen molar-refractivity contribution in [2.24, 2.45) is 0 Å². The molecule has 0 saturated carbocycles. The Morgan fingerprint density at radius 3 is 1.92 bits per heavy atom. The monoisotopic (exact) mass is 170 g/mol. The molecular formula is C9H6N4. The van der Waals surface area contributed by atoms with Crippen LogP contribution in [-0.4, -0.2) is 16.6 Å². The summed E-state index contributed by atoms with van der Waals surface area (Å²) in [4.78, 5) is 1.00. The number of hydrogen-bond acceptors (Lipinski definition) is 3. The molecule has 0 radical (unpaired) electrons. The van der Waals surface area contributed by atoms with Crippen LogP contribution in [0.15, 0.2) is 24.3 Å². The minimum atomic E-state index is 0.0862. The van der Waals surface area contributed by atoms with E-state index in [-0.39, 0.29) is 11.7 Å². The fourth-order valence-corrected chi connectivity index (χ4v) is 1.35. The van der Waals surface area contributed by atoms with Crippen LogP contribution in [-0.2, 0) is 0 Å². The molecule has 2 rings (SSSR count). The third kappa shape index (κ3) is 0.842. The molecule has 0 saturated heterocycles. The van der Waals surface area contributed by atoms with E-state index >= 15 is 0 Å². The normalized spacial score (nSPS) is 14.2. The van der Waals surface area contributed by atoms with Gasteiger partial charge in [0.25, 0.3) is 0 Å². The Kier molecular flexibility index (Phi) is 1.40. The lowest BCUT2D eigenvalue weighted by molar-refractivity contribution is 0.855. The van der Waals surface area contributed by atoms with Crippen molar-refractivity contribution in [3.8, 4) is 6.19 Å². The first-order valence-corrected chi connectivity index (χ1v) is 3.72. The van der Waals surface area contributed by atoms with Crippen molar-refractivity contribution in [3.05, 3.63) is 35.4 Å². The lowest BCUT2D eigenvalue weighted by Gasteiger charge is -2.03. The van der Waals surface area contributed by atoms with Crippen molar-refractivity contribution in [3.63, 3.8) is 0 Å². The second-order valence-corrected chi connectivity index (χ2v) is 2.68. The summed E-state index contributed by atoms with van der Waals surface area (Å²) in [5.74, 6) is 0.172. The zero-order valence-electron chi connectivity index (χ0n) is 6.70. The zero-order valence-corrected chi connectivity index (χ0v) is 6.70. The fraction of sp³-hybridized carbons (Fsp3) is 0. The number of hydrogen-bond donors (Lipinski definition) is 2. The Balaban J connectivity index is 2.65. The van der Waals surface area contributed by atoms with Gasteiger partial charge in [0.1, 0.15) is 11.7 Å². The van der Waals surface area contributed by atoms with Gasteiger partial charge >= 0.3 is 0 Å². The van der Waals surface area contributed by atoms with E-state index in [4.69, 9.17) is 16.1 Å². The molecule has 2 N–H and O–H groups in total. The molecule has 0 atom stereocenters. The summed E-state index contributed by atoms with van der Waals surface area (Å²) < 4.78 is 0. The summed E-state index contributed by atoms with van der Waals surface area (Å²) in [7, 11) is 0. The predicted octanol–water partition coefficient (Wildman–Crippen LogP) is 1.13. The first kappa shape index (κ1) is 7.50. The molecule has 13 heavy (non-hydrogen) atoms. The lowest BCUT2D eigenvalue weighted by atomic mass is 10.1. The molecule has 1 aliphatic rings. The smallest absolute Gasteiger partial charge is 0.191 e. The van der Waals surface area contributed by atoms with E-state index in [9.17, 15) is 0 Å². The number of nitriles is 1. The first-order chi connectivity index (χ1) is 6.25. The summed E-state index contributed by atoms with van der Waals surface area (Å²) in [5, 5.41) is 23.8. The molecule has 0 unspecified atom stereocenters. The van der Waals surface area contributed by atoms with Crippen LogP contribution in [0.3, 0.4) is 0 Å². The van der Waals surface area contributed by atoms with E-state index in [1.807, 2.05) is 0 Å². The van der Waals surface area contributed by atoms with Gasteiger partial charge in [-0.3, -0.25) is 10.8 Å². The van der Waals surface area contributed by atoms with Crippen molar-refractivity contribution in [1.82, 2.24) is 4.90 Å². The van der Waals surface area contributed by atoms with Gasteiger partial charge < -0.3 is 0 Å². The van der Waals surface area contributed by atoms with Gasteiger partial charge in [-0.25, -0.2) is 4.90 Å². The van der Waals surface area contributed by atoms with Crippen LogP contribution in [0.25, 0.3) is 0 Å². The molecule has 1 heterocycles. The summed E-state index contributed by atoms with van der Waals surface area (Å²) in [6, 6.07) is 7.07. The molecule has 0 amide bonds. The Morgan fingerprint density at radius 2 is 1.54 bits per heavy atom. The van der Waals surface area contributed by atoms with Crippen LogP contribution >= 0.6 is 0 Å². The third-order valence-electron chi connectivity index (χ3n) is 1.98. The van der Waals surface area contributed by atoms with E-state index in [0.29, 0.717) is 11.1 Å². The topological polar surface area (TPSA) is 74.7 Å². The maximum atomic E-state index is 8.67. The second kappa shape index (κ2) is 2.42. The minimum absolute atomic E-state index is 0.0862. The van der Waals surface area contributed by atoms with Gasteiger partial charge in [0, 0.05) is 11.1 Å². The van der Waals surface area contributed by atoms with Crippen molar-refractivity contribution in [2.45, 2.75) is 0 Å². The van der Waals surface area contributed by atoms with E-state index < -0.39 is 0 Å². The van der Waals surface area contributed by atoms with Gasteiger partial charge in [-0.15, -0.1) is 0 Å². The van der Waals surface area contributed by atoms with E-state index in [0.717, 1.165) is 4.90 Å². The molecule has 0 fully saturated rings. The summed E-state index contributed by atoms with van der Waals surface area (Å²) in [5.41, 5.74) is 1.29. The fourth-order valence-electron chi connectivity index (χ4n) is 1.35. The van der Waals surface area contributed by atoms with Gasteiger partial charge in [0.05, 0.1) is 0 Å². The zero-order chi connectivity index (χ0) is 9.42.